The second-order valence-corrected chi connectivity index (χ2v) is 5.44. The highest BCUT2D eigenvalue weighted by Crippen LogP contribution is 2.21. The summed E-state index contributed by atoms with van der Waals surface area (Å²) in [6.07, 6.45) is 5.65. The van der Waals surface area contributed by atoms with Crippen LogP contribution in [0.3, 0.4) is 0 Å². The van der Waals surface area contributed by atoms with Crippen LogP contribution < -0.4 is 5.32 Å². The molecule has 1 saturated carbocycles. The van der Waals surface area contributed by atoms with Gasteiger partial charge in [0, 0.05) is 17.6 Å². The van der Waals surface area contributed by atoms with Gasteiger partial charge in [0.05, 0.1) is 12.7 Å². The van der Waals surface area contributed by atoms with Crippen LogP contribution in [0.25, 0.3) is 0 Å². The van der Waals surface area contributed by atoms with E-state index in [9.17, 15) is 0 Å². The van der Waals surface area contributed by atoms with Crippen molar-refractivity contribution in [2.24, 2.45) is 0 Å². The van der Waals surface area contributed by atoms with Crippen molar-refractivity contribution in [2.75, 3.05) is 13.2 Å². The molecule has 1 aromatic rings. The number of ether oxygens (including phenoxy) is 1. The van der Waals surface area contributed by atoms with Crippen molar-refractivity contribution in [3.05, 3.63) is 34.9 Å². The van der Waals surface area contributed by atoms with E-state index < -0.39 is 0 Å². The van der Waals surface area contributed by atoms with Crippen molar-refractivity contribution in [1.82, 2.24) is 5.32 Å². The Morgan fingerprint density at radius 3 is 2.89 bits per heavy atom. The maximum atomic E-state index is 5.98. The van der Waals surface area contributed by atoms with Gasteiger partial charge in [-0.25, -0.2) is 0 Å². The molecule has 2 nitrogen and oxygen atoms in total. The van der Waals surface area contributed by atoms with Crippen molar-refractivity contribution < 1.29 is 4.74 Å². The molecule has 0 aromatic heterocycles. The van der Waals surface area contributed by atoms with Gasteiger partial charge in [-0.2, -0.15) is 0 Å². The maximum Gasteiger partial charge on any atom is 0.0594 e. The van der Waals surface area contributed by atoms with Crippen LogP contribution in [0.5, 0.6) is 0 Å². The fraction of sp³-hybridized carbons (Fsp3) is 0.600. The van der Waals surface area contributed by atoms with Crippen molar-refractivity contribution in [3.63, 3.8) is 0 Å². The topological polar surface area (TPSA) is 21.3 Å². The molecule has 1 aliphatic rings. The average Bonchev–Trinajstić information content (AvgIpc) is 2.87. The lowest BCUT2D eigenvalue weighted by Crippen LogP contribution is -2.25. The average molecular weight is 268 g/mol. The summed E-state index contributed by atoms with van der Waals surface area (Å²) in [6.45, 7) is 3.85. The standard InChI is InChI=1S/C15H22ClNO/c1-12(13-5-4-6-14(16)11-13)17-9-10-18-15-7-2-3-8-15/h4-6,11-12,15,17H,2-3,7-10H2,1H3. The summed E-state index contributed by atoms with van der Waals surface area (Å²) in [6, 6.07) is 8.32. The first-order chi connectivity index (χ1) is 8.75. The Labute approximate surface area is 115 Å². The van der Waals surface area contributed by atoms with E-state index in [-0.39, 0.29) is 0 Å². The summed E-state index contributed by atoms with van der Waals surface area (Å²) in [5, 5.41) is 4.26. The van der Waals surface area contributed by atoms with Crippen LogP contribution in [0.15, 0.2) is 24.3 Å². The predicted octanol–water partition coefficient (Wildman–Crippen LogP) is 3.95. The van der Waals surface area contributed by atoms with Crippen molar-refractivity contribution >= 4 is 11.6 Å². The molecule has 18 heavy (non-hydrogen) atoms. The first kappa shape index (κ1) is 13.9. The van der Waals surface area contributed by atoms with E-state index >= 15 is 0 Å². The summed E-state index contributed by atoms with van der Waals surface area (Å²) in [5.41, 5.74) is 1.23. The maximum absolute atomic E-state index is 5.98. The summed E-state index contributed by atoms with van der Waals surface area (Å²) >= 11 is 5.98. The first-order valence-electron chi connectivity index (χ1n) is 6.86. The molecule has 3 heteroatoms. The molecule has 1 aromatic carbocycles. The van der Waals surface area contributed by atoms with E-state index in [1.54, 1.807) is 0 Å². The molecule has 0 saturated heterocycles. The van der Waals surface area contributed by atoms with Gasteiger partial charge in [0.1, 0.15) is 0 Å². The number of benzene rings is 1. The molecular formula is C15H22ClNO. The third-order valence-corrected chi connectivity index (χ3v) is 3.79. The highest BCUT2D eigenvalue weighted by molar-refractivity contribution is 6.30. The van der Waals surface area contributed by atoms with Crippen LogP contribution in [0.1, 0.15) is 44.2 Å². The third-order valence-electron chi connectivity index (χ3n) is 3.56. The Morgan fingerprint density at radius 1 is 1.39 bits per heavy atom. The van der Waals surface area contributed by atoms with Gasteiger partial charge >= 0.3 is 0 Å². The molecule has 1 atom stereocenters. The summed E-state index contributed by atoms with van der Waals surface area (Å²) in [7, 11) is 0. The molecule has 1 N–H and O–H groups in total. The van der Waals surface area contributed by atoms with E-state index in [2.05, 4.69) is 18.3 Å². The second-order valence-electron chi connectivity index (χ2n) is 5.01. The van der Waals surface area contributed by atoms with Crippen molar-refractivity contribution in [2.45, 2.75) is 44.8 Å². The first-order valence-corrected chi connectivity index (χ1v) is 7.24. The summed E-state index contributed by atoms with van der Waals surface area (Å²) in [5.74, 6) is 0. The predicted molar refractivity (Wildman–Crippen MR) is 76.1 cm³/mol. The van der Waals surface area contributed by atoms with E-state index in [0.29, 0.717) is 12.1 Å². The number of hydrogen-bond acceptors (Lipinski definition) is 2. The lowest BCUT2D eigenvalue weighted by Gasteiger charge is -2.16. The number of hydrogen-bond donors (Lipinski definition) is 1. The third kappa shape index (κ3) is 4.27. The summed E-state index contributed by atoms with van der Waals surface area (Å²) < 4.78 is 5.82. The van der Waals surface area contributed by atoms with Crippen molar-refractivity contribution in [1.29, 1.82) is 0 Å². The van der Waals surface area contributed by atoms with Gasteiger partial charge in [-0.15, -0.1) is 0 Å². The number of halogens is 1. The zero-order valence-corrected chi connectivity index (χ0v) is 11.7. The Hall–Kier alpha value is -0.570. The number of rotatable bonds is 6. The van der Waals surface area contributed by atoms with E-state index in [1.165, 1.54) is 31.2 Å². The Kier molecular flexibility index (Phi) is 5.48. The molecule has 1 aliphatic carbocycles. The molecule has 100 valence electrons. The molecule has 0 radical (unpaired) electrons. The normalized spacial score (nSPS) is 18.1. The van der Waals surface area contributed by atoms with Crippen molar-refractivity contribution in [3.8, 4) is 0 Å². The molecule has 0 amide bonds. The lowest BCUT2D eigenvalue weighted by molar-refractivity contribution is 0.0593. The molecule has 2 rings (SSSR count). The van der Waals surface area contributed by atoms with Crippen LogP contribution >= 0.6 is 11.6 Å². The number of nitrogens with one attached hydrogen (secondary N) is 1. The quantitative estimate of drug-likeness (QED) is 0.788. The molecule has 1 fully saturated rings. The Morgan fingerprint density at radius 2 is 2.17 bits per heavy atom. The van der Waals surface area contributed by atoms with Gasteiger partial charge in [0.2, 0.25) is 0 Å². The molecule has 0 aliphatic heterocycles. The molecule has 0 bridgehead atoms. The minimum atomic E-state index is 0.316. The van der Waals surface area contributed by atoms with Gasteiger partial charge in [-0.3, -0.25) is 0 Å². The Bertz CT molecular complexity index is 363. The van der Waals surface area contributed by atoms with E-state index in [4.69, 9.17) is 16.3 Å². The van der Waals surface area contributed by atoms with Crippen LogP contribution in [-0.4, -0.2) is 19.3 Å². The molecule has 0 spiro atoms. The largest absolute Gasteiger partial charge is 0.377 e. The SMILES string of the molecule is CC(NCCOC1CCCC1)c1cccc(Cl)c1. The zero-order valence-electron chi connectivity index (χ0n) is 11.0. The van der Waals surface area contributed by atoms with Crippen LogP contribution in [-0.2, 0) is 4.74 Å². The van der Waals surface area contributed by atoms with Gasteiger partial charge in [0.15, 0.2) is 0 Å². The lowest BCUT2D eigenvalue weighted by atomic mass is 10.1. The minimum absolute atomic E-state index is 0.316. The fourth-order valence-electron chi connectivity index (χ4n) is 2.45. The molecular weight excluding hydrogens is 246 g/mol. The second kappa shape index (κ2) is 7.13. The Balaban J connectivity index is 1.66. The van der Waals surface area contributed by atoms with Crippen LogP contribution in [0.2, 0.25) is 5.02 Å². The van der Waals surface area contributed by atoms with E-state index in [1.807, 2.05) is 18.2 Å². The molecule has 1 unspecified atom stereocenters. The highest BCUT2D eigenvalue weighted by Gasteiger charge is 2.14. The summed E-state index contributed by atoms with van der Waals surface area (Å²) in [4.78, 5) is 0. The van der Waals surface area contributed by atoms with Crippen LogP contribution in [0.4, 0.5) is 0 Å². The fourth-order valence-corrected chi connectivity index (χ4v) is 2.65. The van der Waals surface area contributed by atoms with Gasteiger partial charge in [0.25, 0.3) is 0 Å². The van der Waals surface area contributed by atoms with Gasteiger partial charge < -0.3 is 10.1 Å². The highest BCUT2D eigenvalue weighted by atomic mass is 35.5. The smallest absolute Gasteiger partial charge is 0.0594 e. The van der Waals surface area contributed by atoms with E-state index in [0.717, 1.165) is 18.2 Å². The minimum Gasteiger partial charge on any atom is -0.377 e. The van der Waals surface area contributed by atoms with Gasteiger partial charge in [-0.1, -0.05) is 36.6 Å². The van der Waals surface area contributed by atoms with Gasteiger partial charge in [-0.05, 0) is 37.5 Å². The zero-order chi connectivity index (χ0) is 12.8. The monoisotopic (exact) mass is 267 g/mol. The molecule has 0 heterocycles. The van der Waals surface area contributed by atoms with Crippen LogP contribution in [0, 0.1) is 0 Å².